The van der Waals surface area contributed by atoms with Gasteiger partial charge in [0.15, 0.2) is 0 Å². The number of fused-ring (bicyclic) bond motifs is 1. The number of carbonyl (C=O) groups is 1. The number of para-hydroxylation sites is 1. The number of nitrogens with zero attached hydrogens (tertiary/aromatic N) is 4. The summed E-state index contributed by atoms with van der Waals surface area (Å²) in [5, 5.41) is 2.90. The molecule has 0 spiro atoms. The number of ether oxygens (including phenoxy) is 1. The van der Waals surface area contributed by atoms with Crippen molar-refractivity contribution in [3.05, 3.63) is 47.5 Å². The van der Waals surface area contributed by atoms with Crippen molar-refractivity contribution in [2.75, 3.05) is 24.2 Å². The smallest absolute Gasteiger partial charge is 0.268 e. The Morgan fingerprint density at radius 1 is 1.23 bits per heavy atom. The van der Waals surface area contributed by atoms with Crippen LogP contribution in [0.25, 0.3) is 21.6 Å². The van der Waals surface area contributed by atoms with Crippen LogP contribution in [-0.4, -0.2) is 38.6 Å². The SMILES string of the molecule is CCOc1cccc2c1nc(NC(=O)c1ccc(-c3ccnc(N)n3)s1)n2CCN. The van der Waals surface area contributed by atoms with Gasteiger partial charge in [-0.25, -0.2) is 15.0 Å². The van der Waals surface area contributed by atoms with Crippen LogP contribution >= 0.6 is 11.3 Å². The molecule has 0 saturated heterocycles. The number of nitrogens with one attached hydrogen (secondary N) is 1. The average molecular weight is 424 g/mol. The third-order valence-electron chi connectivity index (χ3n) is 4.38. The molecule has 0 atom stereocenters. The van der Waals surface area contributed by atoms with Crippen molar-refractivity contribution < 1.29 is 9.53 Å². The summed E-state index contributed by atoms with van der Waals surface area (Å²) in [6.45, 7) is 3.36. The number of carbonyl (C=O) groups excluding carboxylic acids is 1. The molecule has 5 N–H and O–H groups in total. The number of hydrogen-bond acceptors (Lipinski definition) is 8. The number of aromatic nitrogens is 4. The number of nitrogen functional groups attached to an aromatic ring is 1. The maximum atomic E-state index is 12.9. The highest BCUT2D eigenvalue weighted by Crippen LogP contribution is 2.30. The zero-order valence-corrected chi connectivity index (χ0v) is 17.1. The molecule has 154 valence electrons. The summed E-state index contributed by atoms with van der Waals surface area (Å²) < 4.78 is 7.56. The Morgan fingerprint density at radius 2 is 2.10 bits per heavy atom. The van der Waals surface area contributed by atoms with Crippen molar-refractivity contribution in [2.24, 2.45) is 5.73 Å². The van der Waals surface area contributed by atoms with Gasteiger partial charge in [0, 0.05) is 19.3 Å². The van der Waals surface area contributed by atoms with Gasteiger partial charge in [0.05, 0.1) is 27.6 Å². The molecule has 4 aromatic rings. The van der Waals surface area contributed by atoms with Crippen molar-refractivity contribution >= 4 is 40.2 Å². The molecule has 1 amide bonds. The van der Waals surface area contributed by atoms with Crippen LogP contribution in [0.3, 0.4) is 0 Å². The van der Waals surface area contributed by atoms with E-state index in [1.165, 1.54) is 11.3 Å². The number of amides is 1. The van der Waals surface area contributed by atoms with Gasteiger partial charge in [0.2, 0.25) is 11.9 Å². The van der Waals surface area contributed by atoms with E-state index in [9.17, 15) is 4.79 Å². The van der Waals surface area contributed by atoms with Crippen molar-refractivity contribution in [3.63, 3.8) is 0 Å². The van der Waals surface area contributed by atoms with Gasteiger partial charge in [0.1, 0.15) is 11.3 Å². The second-order valence-corrected chi connectivity index (χ2v) is 7.43. The van der Waals surface area contributed by atoms with Gasteiger partial charge in [-0.3, -0.25) is 10.1 Å². The number of rotatable bonds is 7. The molecule has 4 rings (SSSR count). The van der Waals surface area contributed by atoms with Crippen molar-refractivity contribution in [1.29, 1.82) is 0 Å². The van der Waals surface area contributed by atoms with Crippen molar-refractivity contribution in [3.8, 4) is 16.3 Å². The summed E-state index contributed by atoms with van der Waals surface area (Å²) in [6, 6.07) is 11.0. The summed E-state index contributed by atoms with van der Waals surface area (Å²) in [5.74, 6) is 1.02. The maximum absolute atomic E-state index is 12.9. The van der Waals surface area contributed by atoms with Gasteiger partial charge in [-0.2, -0.15) is 0 Å². The summed E-state index contributed by atoms with van der Waals surface area (Å²) in [4.78, 5) is 26.9. The van der Waals surface area contributed by atoms with E-state index < -0.39 is 0 Å². The first-order valence-electron chi connectivity index (χ1n) is 9.43. The van der Waals surface area contributed by atoms with E-state index in [1.54, 1.807) is 18.3 Å². The lowest BCUT2D eigenvalue weighted by Crippen LogP contribution is -2.17. The van der Waals surface area contributed by atoms with Crippen LogP contribution in [0, 0.1) is 0 Å². The molecule has 0 unspecified atom stereocenters. The molecule has 0 fully saturated rings. The van der Waals surface area contributed by atoms with E-state index in [4.69, 9.17) is 16.2 Å². The lowest BCUT2D eigenvalue weighted by Gasteiger charge is -2.08. The molecular formula is C20H21N7O2S. The van der Waals surface area contributed by atoms with Crippen LogP contribution in [0.5, 0.6) is 5.75 Å². The van der Waals surface area contributed by atoms with Gasteiger partial charge in [0.25, 0.3) is 5.91 Å². The Hall–Kier alpha value is -3.50. The fraction of sp³-hybridized carbons (Fsp3) is 0.200. The van der Waals surface area contributed by atoms with Crippen molar-refractivity contribution in [1.82, 2.24) is 19.5 Å². The molecule has 0 radical (unpaired) electrons. The van der Waals surface area contributed by atoms with Crippen molar-refractivity contribution in [2.45, 2.75) is 13.5 Å². The molecule has 3 heterocycles. The Labute approximate surface area is 176 Å². The normalized spacial score (nSPS) is 11.0. The molecule has 0 aliphatic rings. The van der Waals surface area contributed by atoms with E-state index >= 15 is 0 Å². The number of thiophene rings is 1. The highest BCUT2D eigenvalue weighted by molar-refractivity contribution is 7.17. The number of hydrogen-bond donors (Lipinski definition) is 3. The lowest BCUT2D eigenvalue weighted by atomic mass is 10.3. The van der Waals surface area contributed by atoms with Crippen LogP contribution in [0.15, 0.2) is 42.6 Å². The van der Waals surface area contributed by atoms with Gasteiger partial charge in [-0.15, -0.1) is 11.3 Å². The predicted octanol–water partition coefficient (Wildman–Crippen LogP) is 2.75. The topological polar surface area (TPSA) is 134 Å². The van der Waals surface area contributed by atoms with Gasteiger partial charge < -0.3 is 20.8 Å². The minimum atomic E-state index is -0.264. The second kappa shape index (κ2) is 8.47. The highest BCUT2D eigenvalue weighted by Gasteiger charge is 2.18. The third kappa shape index (κ3) is 3.82. The quantitative estimate of drug-likeness (QED) is 0.416. The Balaban J connectivity index is 1.64. The first kappa shape index (κ1) is 19.8. The largest absolute Gasteiger partial charge is 0.492 e. The minimum absolute atomic E-state index is 0.188. The first-order chi connectivity index (χ1) is 14.6. The standard InChI is InChI=1S/C20H21N7O2S/c1-2-29-14-5-3-4-13-17(14)25-20(27(13)11-9-21)26-18(28)16-7-6-15(30-16)12-8-10-23-19(22)24-12/h3-8,10H,2,9,11,21H2,1H3,(H2,22,23,24)(H,25,26,28). The number of anilines is 2. The first-order valence-corrected chi connectivity index (χ1v) is 10.2. The van der Waals surface area contributed by atoms with E-state index in [-0.39, 0.29) is 11.9 Å². The molecule has 30 heavy (non-hydrogen) atoms. The second-order valence-electron chi connectivity index (χ2n) is 6.35. The highest BCUT2D eigenvalue weighted by atomic mass is 32.1. The molecule has 0 aliphatic carbocycles. The fourth-order valence-electron chi connectivity index (χ4n) is 3.12. The number of imidazole rings is 1. The van der Waals surface area contributed by atoms with Gasteiger partial charge >= 0.3 is 0 Å². The fourth-order valence-corrected chi connectivity index (χ4v) is 3.99. The summed E-state index contributed by atoms with van der Waals surface area (Å²) >= 11 is 1.32. The Morgan fingerprint density at radius 3 is 2.87 bits per heavy atom. The van der Waals surface area contributed by atoms with E-state index in [0.29, 0.717) is 47.5 Å². The molecule has 10 heteroatoms. The Bertz CT molecular complexity index is 1200. The molecule has 0 bridgehead atoms. The molecule has 0 aliphatic heterocycles. The summed E-state index contributed by atoms with van der Waals surface area (Å²) in [5.41, 5.74) is 13.6. The predicted molar refractivity (Wildman–Crippen MR) is 118 cm³/mol. The summed E-state index contributed by atoms with van der Waals surface area (Å²) in [6.07, 6.45) is 1.59. The zero-order valence-electron chi connectivity index (χ0n) is 16.3. The average Bonchev–Trinajstić information content (AvgIpc) is 3.35. The molecule has 0 saturated carbocycles. The number of nitrogens with two attached hydrogens (primary N) is 2. The maximum Gasteiger partial charge on any atom is 0.268 e. The monoisotopic (exact) mass is 423 g/mol. The lowest BCUT2D eigenvalue weighted by molar-refractivity contribution is 0.102. The molecular weight excluding hydrogens is 402 g/mol. The van der Waals surface area contributed by atoms with E-state index in [1.807, 2.05) is 35.8 Å². The Kier molecular flexibility index (Phi) is 5.59. The zero-order chi connectivity index (χ0) is 21.1. The van der Waals surface area contributed by atoms with Gasteiger partial charge in [-0.1, -0.05) is 6.07 Å². The van der Waals surface area contributed by atoms with Crippen LogP contribution in [0.1, 0.15) is 16.6 Å². The van der Waals surface area contributed by atoms with E-state index in [2.05, 4.69) is 20.3 Å². The van der Waals surface area contributed by atoms with Crippen LogP contribution in [0.4, 0.5) is 11.9 Å². The minimum Gasteiger partial charge on any atom is -0.492 e. The van der Waals surface area contributed by atoms with Crippen LogP contribution in [0.2, 0.25) is 0 Å². The third-order valence-corrected chi connectivity index (χ3v) is 5.48. The molecule has 3 aromatic heterocycles. The van der Waals surface area contributed by atoms with Crippen LogP contribution in [-0.2, 0) is 6.54 Å². The number of benzene rings is 1. The molecule has 9 nitrogen and oxygen atoms in total. The van der Waals surface area contributed by atoms with Crippen LogP contribution < -0.4 is 21.5 Å². The van der Waals surface area contributed by atoms with Gasteiger partial charge in [-0.05, 0) is 37.3 Å². The molecule has 1 aromatic carbocycles. The summed E-state index contributed by atoms with van der Waals surface area (Å²) in [7, 11) is 0. The van der Waals surface area contributed by atoms with E-state index in [0.717, 1.165) is 10.4 Å².